The first-order valence-electron chi connectivity index (χ1n) is 6.50. The molecule has 0 fully saturated rings. The van der Waals surface area contributed by atoms with Gasteiger partial charge in [0.1, 0.15) is 5.75 Å². The van der Waals surface area contributed by atoms with Gasteiger partial charge in [-0.1, -0.05) is 0 Å². The van der Waals surface area contributed by atoms with Gasteiger partial charge >= 0.3 is 0 Å². The number of nitrogens with zero attached hydrogens (tertiary/aromatic N) is 2. The third kappa shape index (κ3) is 4.23. The molecule has 1 heterocycles. The Balaban J connectivity index is 2.07. The Bertz CT molecular complexity index is 690. The van der Waals surface area contributed by atoms with Crippen LogP contribution in [0.15, 0.2) is 24.3 Å². The van der Waals surface area contributed by atoms with Gasteiger partial charge in [0.2, 0.25) is 5.91 Å². The second kappa shape index (κ2) is 7.82. The Morgan fingerprint density at radius 2 is 2.18 bits per heavy atom. The molecule has 1 aromatic carbocycles. The quantitative estimate of drug-likeness (QED) is 0.821. The van der Waals surface area contributed by atoms with Gasteiger partial charge in [0.15, 0.2) is 5.13 Å². The molecule has 2 rings (SSSR count). The van der Waals surface area contributed by atoms with Crippen LogP contribution in [0.2, 0.25) is 0 Å². The Hall–Kier alpha value is -2.04. The number of hydrogen-bond donors (Lipinski definition) is 1. The lowest BCUT2D eigenvalue weighted by atomic mass is 10.1. The van der Waals surface area contributed by atoms with Crippen molar-refractivity contribution in [3.8, 4) is 23.1 Å². The van der Waals surface area contributed by atoms with Gasteiger partial charge in [0.05, 0.1) is 30.4 Å². The topological polar surface area (TPSA) is 75.0 Å². The van der Waals surface area contributed by atoms with Crippen LogP contribution in [0.25, 0.3) is 11.3 Å². The zero-order valence-electron chi connectivity index (χ0n) is 12.3. The molecule has 22 heavy (non-hydrogen) atoms. The molecule has 1 amide bonds. The van der Waals surface area contributed by atoms with Crippen LogP contribution in [0.1, 0.15) is 4.88 Å². The van der Waals surface area contributed by atoms with Crippen LogP contribution in [0, 0.1) is 18.3 Å². The fourth-order valence-corrected chi connectivity index (χ4v) is 3.11. The number of carbonyl (C=O) groups is 1. The zero-order valence-corrected chi connectivity index (χ0v) is 13.9. The van der Waals surface area contributed by atoms with E-state index in [0.29, 0.717) is 10.9 Å². The number of hydrogen-bond acceptors (Lipinski definition) is 6. The molecule has 0 aliphatic heterocycles. The summed E-state index contributed by atoms with van der Waals surface area (Å²) in [6.45, 7) is 1.97. The van der Waals surface area contributed by atoms with E-state index in [0.717, 1.165) is 21.9 Å². The van der Waals surface area contributed by atoms with Crippen LogP contribution in [0.4, 0.5) is 5.13 Å². The molecule has 0 saturated heterocycles. The standard InChI is InChI=1S/C15H15N3O2S2/c1-10-14(11-3-5-12(20-2)6-4-11)18-15(22-10)17-13(19)9-21-8-7-16/h3-6H,8-9H2,1-2H3,(H,17,18,19). The molecule has 0 bridgehead atoms. The molecule has 2 aromatic rings. The minimum absolute atomic E-state index is 0.143. The maximum atomic E-state index is 11.7. The first-order chi connectivity index (χ1) is 10.6. The van der Waals surface area contributed by atoms with Gasteiger partial charge in [-0.15, -0.1) is 23.1 Å². The molecule has 0 atom stereocenters. The molecular formula is C15H15N3O2S2. The van der Waals surface area contributed by atoms with Crippen LogP contribution in [-0.4, -0.2) is 29.5 Å². The predicted octanol–water partition coefficient (Wildman–Crippen LogP) is 3.32. The Morgan fingerprint density at radius 3 is 2.82 bits per heavy atom. The van der Waals surface area contributed by atoms with Crippen molar-refractivity contribution < 1.29 is 9.53 Å². The van der Waals surface area contributed by atoms with E-state index in [9.17, 15) is 4.79 Å². The minimum atomic E-state index is -0.143. The van der Waals surface area contributed by atoms with Crippen molar-refractivity contribution >= 4 is 34.1 Å². The lowest BCUT2D eigenvalue weighted by molar-refractivity contribution is -0.113. The number of methoxy groups -OCH3 is 1. The van der Waals surface area contributed by atoms with Crippen LogP contribution in [-0.2, 0) is 4.79 Å². The highest BCUT2D eigenvalue weighted by molar-refractivity contribution is 8.00. The van der Waals surface area contributed by atoms with Gasteiger partial charge in [-0.3, -0.25) is 4.79 Å². The number of aryl methyl sites for hydroxylation is 1. The fourth-order valence-electron chi connectivity index (χ4n) is 1.81. The predicted molar refractivity (Wildman–Crippen MR) is 90.4 cm³/mol. The number of ether oxygens (including phenoxy) is 1. The number of rotatable bonds is 6. The summed E-state index contributed by atoms with van der Waals surface area (Å²) >= 11 is 2.72. The van der Waals surface area contributed by atoms with E-state index in [2.05, 4.69) is 10.3 Å². The lowest BCUT2D eigenvalue weighted by Crippen LogP contribution is -2.14. The number of aromatic nitrogens is 1. The highest BCUT2D eigenvalue weighted by atomic mass is 32.2. The van der Waals surface area contributed by atoms with Crippen LogP contribution < -0.4 is 10.1 Å². The molecule has 7 heteroatoms. The number of anilines is 1. The summed E-state index contributed by atoms with van der Waals surface area (Å²) in [6, 6.07) is 9.63. The lowest BCUT2D eigenvalue weighted by Gasteiger charge is -2.02. The number of carbonyl (C=O) groups excluding carboxylic acids is 1. The molecule has 0 radical (unpaired) electrons. The first-order valence-corrected chi connectivity index (χ1v) is 8.47. The SMILES string of the molecule is COc1ccc(-c2nc(NC(=O)CSCC#N)sc2C)cc1. The maximum Gasteiger partial charge on any atom is 0.236 e. The molecule has 0 aliphatic carbocycles. The maximum absolute atomic E-state index is 11.7. The third-order valence-corrected chi connectivity index (χ3v) is 4.49. The number of nitrogens with one attached hydrogen (secondary N) is 1. The summed E-state index contributed by atoms with van der Waals surface area (Å²) in [7, 11) is 1.63. The molecule has 1 N–H and O–H groups in total. The molecule has 0 spiro atoms. The van der Waals surface area contributed by atoms with Gasteiger partial charge in [0, 0.05) is 10.4 Å². The number of benzene rings is 1. The summed E-state index contributed by atoms with van der Waals surface area (Å²) in [5.74, 6) is 1.21. The van der Waals surface area contributed by atoms with E-state index in [1.165, 1.54) is 23.1 Å². The largest absolute Gasteiger partial charge is 0.497 e. The molecular weight excluding hydrogens is 318 g/mol. The van der Waals surface area contributed by atoms with Crippen molar-refractivity contribution in [1.82, 2.24) is 4.98 Å². The first kappa shape index (κ1) is 16.3. The summed E-state index contributed by atoms with van der Waals surface area (Å²) in [5.41, 5.74) is 1.83. The monoisotopic (exact) mass is 333 g/mol. The van der Waals surface area contributed by atoms with Crippen molar-refractivity contribution in [2.75, 3.05) is 23.9 Å². The third-order valence-electron chi connectivity index (χ3n) is 2.81. The van der Waals surface area contributed by atoms with E-state index in [-0.39, 0.29) is 11.7 Å². The van der Waals surface area contributed by atoms with Gasteiger partial charge in [0.25, 0.3) is 0 Å². The van der Waals surface area contributed by atoms with E-state index in [1.807, 2.05) is 37.3 Å². The van der Waals surface area contributed by atoms with E-state index in [1.54, 1.807) is 7.11 Å². The van der Waals surface area contributed by atoms with Crippen molar-refractivity contribution in [2.45, 2.75) is 6.92 Å². The van der Waals surface area contributed by atoms with Crippen LogP contribution in [0.3, 0.4) is 0 Å². The van der Waals surface area contributed by atoms with Gasteiger partial charge in [-0.25, -0.2) is 4.98 Å². The summed E-state index contributed by atoms with van der Waals surface area (Å²) < 4.78 is 5.14. The number of thiazole rings is 1. The van der Waals surface area contributed by atoms with Gasteiger partial charge in [-0.05, 0) is 31.2 Å². The molecule has 0 unspecified atom stereocenters. The number of thioether (sulfide) groups is 1. The minimum Gasteiger partial charge on any atom is -0.497 e. The van der Waals surface area contributed by atoms with Crippen molar-refractivity contribution in [3.05, 3.63) is 29.1 Å². The smallest absolute Gasteiger partial charge is 0.236 e. The van der Waals surface area contributed by atoms with Crippen LogP contribution >= 0.6 is 23.1 Å². The van der Waals surface area contributed by atoms with E-state index >= 15 is 0 Å². The molecule has 0 saturated carbocycles. The summed E-state index contributed by atoms with van der Waals surface area (Å²) in [4.78, 5) is 17.2. The number of nitriles is 1. The average Bonchev–Trinajstić information content (AvgIpc) is 2.88. The Kier molecular flexibility index (Phi) is 5.81. The normalized spacial score (nSPS) is 10.0. The Labute approximate surface area is 137 Å². The molecule has 5 nitrogen and oxygen atoms in total. The molecule has 0 aliphatic rings. The second-order valence-electron chi connectivity index (χ2n) is 4.35. The van der Waals surface area contributed by atoms with Gasteiger partial charge < -0.3 is 10.1 Å². The highest BCUT2D eigenvalue weighted by Crippen LogP contribution is 2.31. The summed E-state index contributed by atoms with van der Waals surface area (Å²) in [6.07, 6.45) is 0. The zero-order chi connectivity index (χ0) is 15.9. The number of amides is 1. The highest BCUT2D eigenvalue weighted by Gasteiger charge is 2.12. The molecule has 114 valence electrons. The summed E-state index contributed by atoms with van der Waals surface area (Å²) in [5, 5.41) is 11.8. The molecule has 1 aromatic heterocycles. The van der Waals surface area contributed by atoms with Crippen molar-refractivity contribution in [1.29, 1.82) is 5.26 Å². The fraction of sp³-hybridized carbons (Fsp3) is 0.267. The van der Waals surface area contributed by atoms with Crippen molar-refractivity contribution in [2.24, 2.45) is 0 Å². The Morgan fingerprint density at radius 1 is 1.45 bits per heavy atom. The van der Waals surface area contributed by atoms with Crippen LogP contribution in [0.5, 0.6) is 5.75 Å². The average molecular weight is 333 g/mol. The van der Waals surface area contributed by atoms with E-state index < -0.39 is 0 Å². The second-order valence-corrected chi connectivity index (χ2v) is 6.54. The van der Waals surface area contributed by atoms with Gasteiger partial charge in [-0.2, -0.15) is 5.26 Å². The van der Waals surface area contributed by atoms with E-state index in [4.69, 9.17) is 10.00 Å². The van der Waals surface area contributed by atoms with Crippen molar-refractivity contribution in [3.63, 3.8) is 0 Å².